The first-order valence-corrected chi connectivity index (χ1v) is 22.9. The van der Waals surface area contributed by atoms with Crippen LogP contribution in [0.3, 0.4) is 0 Å². The maximum Gasteiger partial charge on any atom is 0.136 e. The highest BCUT2D eigenvalue weighted by molar-refractivity contribution is 7.99. The van der Waals surface area contributed by atoms with E-state index in [1.807, 2.05) is 11.8 Å². The lowest BCUT2D eigenvalue weighted by Crippen LogP contribution is -2.37. The molecule has 0 radical (unpaired) electrons. The predicted octanol–water partition coefficient (Wildman–Crippen LogP) is 14.8. The highest BCUT2D eigenvalue weighted by Gasteiger charge is 2.49. The van der Waals surface area contributed by atoms with Crippen LogP contribution in [0.2, 0.25) is 0 Å². The molecule has 14 rings (SSSR count). The number of hydrogen-bond donors (Lipinski definition) is 0. The Morgan fingerprint density at radius 3 is 1.98 bits per heavy atom. The quantitative estimate of drug-likeness (QED) is 0.177. The Morgan fingerprint density at radius 1 is 0.469 bits per heavy atom. The van der Waals surface area contributed by atoms with E-state index in [1.54, 1.807) is 0 Å². The highest BCUT2D eigenvalue weighted by Crippen LogP contribution is 2.61. The molecule has 0 N–H and O–H groups in total. The molecule has 0 fully saturated rings. The van der Waals surface area contributed by atoms with Gasteiger partial charge in [-0.25, -0.2) is 9.97 Å². The topological polar surface area (TPSA) is 35.6 Å². The van der Waals surface area contributed by atoms with Crippen LogP contribution in [-0.4, -0.2) is 19.1 Å². The highest BCUT2D eigenvalue weighted by atomic mass is 32.2. The Hall–Kier alpha value is -7.73. The summed E-state index contributed by atoms with van der Waals surface area (Å²) in [6.45, 7) is 0. The molecule has 5 heteroatoms. The lowest BCUT2D eigenvalue weighted by molar-refractivity contribution is 0.690. The fourth-order valence-electron chi connectivity index (χ4n) is 11.2. The summed E-state index contributed by atoms with van der Waals surface area (Å²) in [6, 6.07) is 69.6. The molecule has 1 spiro atoms. The van der Waals surface area contributed by atoms with Gasteiger partial charge in [0.25, 0.3) is 0 Å². The zero-order valence-electron chi connectivity index (χ0n) is 34.7. The van der Waals surface area contributed by atoms with Crippen molar-refractivity contribution in [2.75, 3.05) is 0 Å². The fourth-order valence-corrected chi connectivity index (χ4v) is 12.4. The Kier molecular flexibility index (Phi) is 7.63. The smallest absolute Gasteiger partial charge is 0.136 e. The standard InChI is InChI=1S/C59H38N4S/c1-3-17-37(18-4-1)49-36-50(61-58(60-49)38-19-5-2-6-20-38)39-21-15-22-40(33-39)62-51-29-11-8-24-42(51)44-34-56-48(35-54(44)62)59(46-27-10-14-32-55(46)64-56)45-26-9-13-31-53(45)63-52-30-12-7-23-41(52)43-25-16-28-47(59)57(43)63/h1-19,21-36,38H,20H2. The van der Waals surface area contributed by atoms with Crippen molar-refractivity contribution in [2.24, 2.45) is 0 Å². The van der Waals surface area contributed by atoms with Gasteiger partial charge in [0.1, 0.15) is 5.82 Å². The van der Waals surface area contributed by atoms with Gasteiger partial charge in [0.2, 0.25) is 0 Å². The van der Waals surface area contributed by atoms with Crippen molar-refractivity contribution in [3.8, 4) is 33.9 Å². The molecule has 1 aliphatic carbocycles. The van der Waals surface area contributed by atoms with E-state index in [9.17, 15) is 0 Å². The predicted molar refractivity (Wildman–Crippen MR) is 263 cm³/mol. The van der Waals surface area contributed by atoms with Crippen molar-refractivity contribution in [1.29, 1.82) is 0 Å². The van der Waals surface area contributed by atoms with Gasteiger partial charge in [0, 0.05) is 54.1 Å². The second kappa shape index (κ2) is 13.6. The van der Waals surface area contributed by atoms with E-state index in [0.29, 0.717) is 0 Å². The van der Waals surface area contributed by atoms with Gasteiger partial charge in [-0.3, -0.25) is 0 Å². The maximum absolute atomic E-state index is 5.30. The van der Waals surface area contributed by atoms with Gasteiger partial charge in [-0.2, -0.15) is 0 Å². The summed E-state index contributed by atoms with van der Waals surface area (Å²) in [7, 11) is 0. The number of aromatic nitrogens is 4. The zero-order chi connectivity index (χ0) is 41.9. The monoisotopic (exact) mass is 834 g/mol. The van der Waals surface area contributed by atoms with Gasteiger partial charge in [-0.15, -0.1) is 0 Å². The summed E-state index contributed by atoms with van der Waals surface area (Å²) in [4.78, 5) is 13.0. The van der Waals surface area contributed by atoms with Crippen LogP contribution in [0.5, 0.6) is 0 Å². The van der Waals surface area contributed by atoms with Crippen LogP contribution in [0.25, 0.3) is 77.5 Å². The van der Waals surface area contributed by atoms with Crippen LogP contribution in [0.1, 0.15) is 40.4 Å². The first-order valence-electron chi connectivity index (χ1n) is 22.1. The Morgan fingerprint density at radius 2 is 1.14 bits per heavy atom. The van der Waals surface area contributed by atoms with E-state index in [4.69, 9.17) is 9.97 Å². The third-order valence-corrected chi connectivity index (χ3v) is 15.0. The van der Waals surface area contributed by atoms with Gasteiger partial charge >= 0.3 is 0 Å². The number of allylic oxidation sites excluding steroid dienone is 4. The molecule has 0 amide bonds. The van der Waals surface area contributed by atoms with E-state index < -0.39 is 5.41 Å². The zero-order valence-corrected chi connectivity index (χ0v) is 35.5. The van der Waals surface area contributed by atoms with Gasteiger partial charge in [0.15, 0.2) is 0 Å². The maximum atomic E-state index is 5.30. The van der Waals surface area contributed by atoms with Crippen LogP contribution in [0.4, 0.5) is 0 Å². The molecule has 300 valence electrons. The normalized spacial score (nSPS) is 17.0. The van der Waals surface area contributed by atoms with Crippen LogP contribution in [0, 0.1) is 0 Å². The second-order valence-electron chi connectivity index (χ2n) is 17.2. The fraction of sp³-hybridized carbons (Fsp3) is 0.0508. The van der Waals surface area contributed by atoms with Crippen molar-refractivity contribution in [2.45, 2.75) is 27.5 Å². The number of nitrogens with zero attached hydrogens (tertiary/aromatic N) is 4. The van der Waals surface area contributed by atoms with Gasteiger partial charge < -0.3 is 9.13 Å². The van der Waals surface area contributed by atoms with Gasteiger partial charge in [-0.1, -0.05) is 170 Å². The Bertz CT molecular complexity index is 3810. The molecule has 2 unspecified atom stereocenters. The summed E-state index contributed by atoms with van der Waals surface area (Å²) < 4.78 is 5.00. The van der Waals surface area contributed by atoms with Crippen molar-refractivity contribution >= 4 is 55.4 Å². The van der Waals surface area contributed by atoms with Gasteiger partial charge in [-0.05, 0) is 83.3 Å². The molecule has 2 aliphatic heterocycles. The summed E-state index contributed by atoms with van der Waals surface area (Å²) in [6.07, 6.45) is 9.53. The molecule has 2 atom stereocenters. The minimum atomic E-state index is -0.580. The molecule has 3 aliphatic rings. The number of benzene rings is 8. The molecule has 3 aromatic heterocycles. The number of rotatable bonds is 4. The summed E-state index contributed by atoms with van der Waals surface area (Å²) in [5, 5.41) is 5.04. The van der Waals surface area contributed by atoms with E-state index in [0.717, 1.165) is 40.4 Å². The average molecular weight is 835 g/mol. The summed E-state index contributed by atoms with van der Waals surface area (Å²) >= 11 is 1.90. The van der Waals surface area contributed by atoms with Crippen LogP contribution >= 0.6 is 11.8 Å². The number of fused-ring (bicyclic) bond motifs is 14. The molecule has 0 saturated heterocycles. The van der Waals surface area contributed by atoms with Crippen molar-refractivity contribution in [3.63, 3.8) is 0 Å². The first kappa shape index (κ1) is 35.8. The Labute approximate surface area is 374 Å². The minimum absolute atomic E-state index is 0.117. The number of hydrogen-bond acceptors (Lipinski definition) is 3. The van der Waals surface area contributed by atoms with E-state index in [1.165, 1.54) is 81.3 Å². The van der Waals surface area contributed by atoms with Gasteiger partial charge in [0.05, 0.1) is 44.6 Å². The first-order chi connectivity index (χ1) is 31.7. The Balaban J connectivity index is 1.04. The molecule has 0 bridgehead atoms. The lowest BCUT2D eigenvalue weighted by atomic mass is 9.62. The van der Waals surface area contributed by atoms with Crippen molar-refractivity contribution in [3.05, 3.63) is 240 Å². The lowest BCUT2D eigenvalue weighted by Gasteiger charge is -2.45. The van der Waals surface area contributed by atoms with Crippen molar-refractivity contribution < 1.29 is 0 Å². The van der Waals surface area contributed by atoms with Crippen LogP contribution in [-0.2, 0) is 5.41 Å². The molecule has 4 nitrogen and oxygen atoms in total. The SMILES string of the molecule is C1=CCC(c2nc(-c3ccccc3)cc(-c3cccc(-n4c5ccccc5c5cc6c(cc54)C4(c5ccccc5S6)c5ccccc5-n5c6ccccc6c6cccc4c65)c3)n2)C=C1. The molecule has 5 heterocycles. The molecule has 8 aromatic carbocycles. The van der Waals surface area contributed by atoms with Crippen molar-refractivity contribution in [1.82, 2.24) is 19.1 Å². The van der Waals surface area contributed by atoms with E-state index in [2.05, 4.69) is 221 Å². The molecule has 64 heavy (non-hydrogen) atoms. The molecular weight excluding hydrogens is 797 g/mol. The molecule has 0 saturated carbocycles. The largest absolute Gasteiger partial charge is 0.309 e. The summed E-state index contributed by atoms with van der Waals surface area (Å²) in [5.74, 6) is 0.960. The second-order valence-corrected chi connectivity index (χ2v) is 18.3. The van der Waals surface area contributed by atoms with Crippen LogP contribution < -0.4 is 0 Å². The average Bonchev–Trinajstić information content (AvgIpc) is 3.88. The summed E-state index contributed by atoms with van der Waals surface area (Å²) in [5.41, 5.74) is 15.8. The van der Waals surface area contributed by atoms with E-state index >= 15 is 0 Å². The third kappa shape index (κ3) is 4.96. The molecule has 11 aromatic rings. The van der Waals surface area contributed by atoms with Crippen LogP contribution in [0.15, 0.2) is 222 Å². The molecular formula is C59H38N4S. The number of para-hydroxylation sites is 4. The minimum Gasteiger partial charge on any atom is -0.309 e. The van der Waals surface area contributed by atoms with E-state index in [-0.39, 0.29) is 5.92 Å². The third-order valence-electron chi connectivity index (χ3n) is 13.9.